The van der Waals surface area contributed by atoms with E-state index in [2.05, 4.69) is 16.3 Å². The Kier molecular flexibility index (Phi) is 4.05. The van der Waals surface area contributed by atoms with E-state index in [4.69, 9.17) is 0 Å². The maximum atomic E-state index is 13.5. The summed E-state index contributed by atoms with van der Waals surface area (Å²) in [5.41, 5.74) is 3.79. The molecule has 2 nitrogen and oxygen atoms in total. The number of anilines is 2. The van der Waals surface area contributed by atoms with E-state index in [0.717, 1.165) is 16.9 Å². The van der Waals surface area contributed by atoms with Crippen LogP contribution in [-0.4, -0.2) is 14.1 Å². The van der Waals surface area contributed by atoms with Crippen molar-refractivity contribution in [1.29, 1.82) is 0 Å². The number of nitrogens with one attached hydrogen (secondary N) is 1. The maximum Gasteiger partial charge on any atom is 0.126 e. The lowest BCUT2D eigenvalue weighted by Crippen LogP contribution is -2.12. The van der Waals surface area contributed by atoms with E-state index < -0.39 is 0 Å². The molecule has 3 heteroatoms. The van der Waals surface area contributed by atoms with Gasteiger partial charge in [0.1, 0.15) is 5.82 Å². The predicted octanol–water partition coefficient (Wildman–Crippen LogP) is 3.81. The summed E-state index contributed by atoms with van der Waals surface area (Å²) in [7, 11) is 4.01. The molecule has 0 aromatic heterocycles. The molecule has 0 unspecified atom stereocenters. The third kappa shape index (κ3) is 3.25. The van der Waals surface area contributed by atoms with Crippen LogP contribution in [0.3, 0.4) is 0 Å². The van der Waals surface area contributed by atoms with E-state index >= 15 is 0 Å². The first-order chi connectivity index (χ1) is 9.08. The van der Waals surface area contributed by atoms with Crippen LogP contribution in [-0.2, 0) is 6.54 Å². The molecule has 2 aromatic carbocycles. The summed E-state index contributed by atoms with van der Waals surface area (Å²) in [4.78, 5) is 2.05. The third-order valence-corrected chi connectivity index (χ3v) is 3.11. The molecule has 2 aromatic rings. The fourth-order valence-corrected chi connectivity index (χ4v) is 1.96. The number of para-hydroxylation sites is 2. The highest BCUT2D eigenvalue weighted by atomic mass is 19.1. The fourth-order valence-electron chi connectivity index (χ4n) is 1.96. The number of hydrogen-bond acceptors (Lipinski definition) is 2. The van der Waals surface area contributed by atoms with Crippen LogP contribution in [0.4, 0.5) is 15.8 Å². The molecule has 0 heterocycles. The molecular weight excluding hydrogens is 239 g/mol. The van der Waals surface area contributed by atoms with Gasteiger partial charge >= 0.3 is 0 Å². The van der Waals surface area contributed by atoms with Crippen molar-refractivity contribution in [1.82, 2.24) is 0 Å². The van der Waals surface area contributed by atoms with Gasteiger partial charge < -0.3 is 10.2 Å². The van der Waals surface area contributed by atoms with Crippen LogP contribution >= 0.6 is 0 Å². The molecule has 0 fully saturated rings. The highest BCUT2D eigenvalue weighted by Crippen LogP contribution is 2.24. The van der Waals surface area contributed by atoms with Crippen molar-refractivity contribution in [3.05, 3.63) is 59.4 Å². The van der Waals surface area contributed by atoms with Gasteiger partial charge in [0.15, 0.2) is 0 Å². The molecule has 0 amide bonds. The zero-order valence-corrected chi connectivity index (χ0v) is 11.6. The van der Waals surface area contributed by atoms with Crippen molar-refractivity contribution in [3.8, 4) is 0 Å². The molecular formula is C16H19FN2. The Labute approximate surface area is 113 Å². The van der Waals surface area contributed by atoms with Crippen LogP contribution in [0, 0.1) is 12.7 Å². The number of nitrogens with zero attached hydrogens (tertiary/aromatic N) is 1. The van der Waals surface area contributed by atoms with Crippen molar-refractivity contribution < 1.29 is 4.39 Å². The maximum absolute atomic E-state index is 13.5. The summed E-state index contributed by atoms with van der Waals surface area (Å²) < 4.78 is 13.5. The lowest BCUT2D eigenvalue weighted by atomic mass is 10.1. The van der Waals surface area contributed by atoms with Crippen LogP contribution in [0.1, 0.15) is 11.1 Å². The average molecular weight is 258 g/mol. The van der Waals surface area contributed by atoms with Crippen molar-refractivity contribution in [3.63, 3.8) is 0 Å². The molecule has 0 bridgehead atoms. The minimum absolute atomic E-state index is 0.153. The van der Waals surface area contributed by atoms with E-state index in [1.807, 2.05) is 44.4 Å². The van der Waals surface area contributed by atoms with E-state index in [1.54, 1.807) is 13.0 Å². The number of benzene rings is 2. The monoisotopic (exact) mass is 258 g/mol. The molecule has 0 spiro atoms. The zero-order valence-electron chi connectivity index (χ0n) is 11.6. The highest BCUT2D eigenvalue weighted by molar-refractivity contribution is 5.69. The van der Waals surface area contributed by atoms with Gasteiger partial charge in [-0.3, -0.25) is 0 Å². The first-order valence-electron chi connectivity index (χ1n) is 6.33. The van der Waals surface area contributed by atoms with E-state index in [1.165, 1.54) is 0 Å². The normalized spacial score (nSPS) is 10.3. The summed E-state index contributed by atoms with van der Waals surface area (Å²) in [5, 5.41) is 3.35. The van der Waals surface area contributed by atoms with Crippen LogP contribution in [0.2, 0.25) is 0 Å². The summed E-state index contributed by atoms with van der Waals surface area (Å²) in [6.07, 6.45) is 0. The molecule has 100 valence electrons. The lowest BCUT2D eigenvalue weighted by molar-refractivity contribution is 0.616. The molecule has 19 heavy (non-hydrogen) atoms. The first kappa shape index (κ1) is 13.4. The standard InChI is InChI=1S/C16H19FN2/c1-12-8-9-13(10-14(12)17)11-18-15-6-4-5-7-16(15)19(2)3/h4-10,18H,11H2,1-3H3. The lowest BCUT2D eigenvalue weighted by Gasteiger charge is -2.18. The van der Waals surface area contributed by atoms with Gasteiger partial charge in [0.05, 0.1) is 11.4 Å². The van der Waals surface area contributed by atoms with Gasteiger partial charge in [0.25, 0.3) is 0 Å². The summed E-state index contributed by atoms with van der Waals surface area (Å²) in [5.74, 6) is -0.153. The van der Waals surface area contributed by atoms with Crippen molar-refractivity contribution in [2.45, 2.75) is 13.5 Å². The number of hydrogen-bond donors (Lipinski definition) is 1. The third-order valence-electron chi connectivity index (χ3n) is 3.11. The van der Waals surface area contributed by atoms with Crippen LogP contribution in [0.15, 0.2) is 42.5 Å². The summed E-state index contributed by atoms with van der Waals surface area (Å²) in [6, 6.07) is 13.4. The molecule has 0 saturated heterocycles. The Morgan fingerprint density at radius 1 is 1.11 bits per heavy atom. The van der Waals surface area contributed by atoms with Crippen molar-refractivity contribution in [2.24, 2.45) is 0 Å². The average Bonchev–Trinajstić information content (AvgIpc) is 2.40. The minimum Gasteiger partial charge on any atom is -0.379 e. The largest absolute Gasteiger partial charge is 0.379 e. The van der Waals surface area contributed by atoms with E-state index in [-0.39, 0.29) is 5.82 Å². The number of aryl methyl sites for hydroxylation is 1. The summed E-state index contributed by atoms with van der Waals surface area (Å²) >= 11 is 0. The van der Waals surface area contributed by atoms with Gasteiger partial charge in [-0.2, -0.15) is 0 Å². The van der Waals surface area contributed by atoms with Crippen molar-refractivity contribution >= 4 is 11.4 Å². The molecule has 0 aliphatic carbocycles. The minimum atomic E-state index is -0.153. The summed E-state index contributed by atoms with van der Waals surface area (Å²) in [6.45, 7) is 2.38. The van der Waals surface area contributed by atoms with Crippen molar-refractivity contribution in [2.75, 3.05) is 24.3 Å². The van der Waals surface area contributed by atoms with Gasteiger partial charge in [0, 0.05) is 20.6 Å². The van der Waals surface area contributed by atoms with Gasteiger partial charge in [-0.15, -0.1) is 0 Å². The molecule has 0 aliphatic heterocycles. The van der Waals surface area contributed by atoms with Gasteiger partial charge in [0.2, 0.25) is 0 Å². The smallest absolute Gasteiger partial charge is 0.126 e. The second kappa shape index (κ2) is 5.74. The van der Waals surface area contributed by atoms with Gasteiger partial charge in [-0.05, 0) is 36.2 Å². The SMILES string of the molecule is Cc1ccc(CNc2ccccc2N(C)C)cc1F. The van der Waals surface area contributed by atoms with Crippen LogP contribution in [0.25, 0.3) is 0 Å². The van der Waals surface area contributed by atoms with E-state index in [9.17, 15) is 4.39 Å². The molecule has 2 rings (SSSR count). The molecule has 0 radical (unpaired) electrons. The first-order valence-corrected chi connectivity index (χ1v) is 6.33. The quantitative estimate of drug-likeness (QED) is 0.897. The zero-order chi connectivity index (χ0) is 13.8. The second-order valence-corrected chi connectivity index (χ2v) is 4.85. The predicted molar refractivity (Wildman–Crippen MR) is 79.2 cm³/mol. The Hall–Kier alpha value is -2.03. The fraction of sp³-hybridized carbons (Fsp3) is 0.250. The highest BCUT2D eigenvalue weighted by Gasteiger charge is 2.04. The Morgan fingerprint density at radius 2 is 1.84 bits per heavy atom. The number of halogens is 1. The van der Waals surface area contributed by atoms with Gasteiger partial charge in [-0.25, -0.2) is 4.39 Å². The Bertz CT molecular complexity index is 564. The Morgan fingerprint density at radius 3 is 2.53 bits per heavy atom. The molecule has 1 N–H and O–H groups in total. The Balaban J connectivity index is 2.12. The molecule has 0 saturated carbocycles. The van der Waals surface area contributed by atoms with E-state index in [0.29, 0.717) is 12.1 Å². The van der Waals surface area contributed by atoms with Crippen LogP contribution in [0.5, 0.6) is 0 Å². The molecule has 0 atom stereocenters. The second-order valence-electron chi connectivity index (χ2n) is 4.85. The van der Waals surface area contributed by atoms with Gasteiger partial charge in [-0.1, -0.05) is 24.3 Å². The van der Waals surface area contributed by atoms with Crippen LogP contribution < -0.4 is 10.2 Å². The topological polar surface area (TPSA) is 15.3 Å². The molecule has 0 aliphatic rings. The number of rotatable bonds is 4.